The van der Waals surface area contributed by atoms with Gasteiger partial charge in [-0.25, -0.2) is 0 Å². The van der Waals surface area contributed by atoms with Crippen molar-refractivity contribution < 1.29 is 4.79 Å². The Morgan fingerprint density at radius 2 is 1.95 bits per heavy atom. The van der Waals surface area contributed by atoms with E-state index < -0.39 is 0 Å². The fourth-order valence-electron chi connectivity index (χ4n) is 3.43. The van der Waals surface area contributed by atoms with Crippen LogP contribution in [0.4, 0.5) is 5.69 Å². The number of thiocarbonyl (C=S) groups is 1. The Kier molecular flexibility index (Phi) is 3.82. The molecule has 0 aromatic heterocycles. The normalized spacial score (nSPS) is 27.6. The quantitative estimate of drug-likeness (QED) is 0.819. The highest BCUT2D eigenvalue weighted by atomic mass is 79.9. The zero-order valence-electron chi connectivity index (χ0n) is 11.1. The first-order valence-electron chi connectivity index (χ1n) is 6.98. The number of hydrogen-bond donors (Lipinski definition) is 2. The zero-order valence-corrected chi connectivity index (χ0v) is 13.5. The number of carbonyl (C=O) groups is 1. The second kappa shape index (κ2) is 5.45. The van der Waals surface area contributed by atoms with Crippen molar-refractivity contribution in [3.63, 3.8) is 0 Å². The van der Waals surface area contributed by atoms with Crippen LogP contribution in [0.15, 0.2) is 22.7 Å². The number of nitrogens with one attached hydrogen (secondary N) is 1. The van der Waals surface area contributed by atoms with Gasteiger partial charge in [0.25, 0.3) is 0 Å². The third-order valence-corrected chi connectivity index (χ3v) is 5.18. The van der Waals surface area contributed by atoms with Crippen molar-refractivity contribution in [3.05, 3.63) is 28.2 Å². The van der Waals surface area contributed by atoms with Crippen LogP contribution in [0.3, 0.4) is 0 Å². The van der Waals surface area contributed by atoms with E-state index in [1.165, 1.54) is 25.7 Å². The Hall–Kier alpha value is -0.940. The number of fused-ring (bicyclic) bond motifs is 1. The average Bonchev–Trinajstić information content (AvgIpc) is 3.15. The minimum Gasteiger partial charge on any atom is -0.389 e. The molecule has 106 valence electrons. The van der Waals surface area contributed by atoms with Crippen LogP contribution in [0.2, 0.25) is 0 Å². The monoisotopic (exact) mass is 352 g/mol. The topological polar surface area (TPSA) is 55.1 Å². The van der Waals surface area contributed by atoms with E-state index in [1.54, 1.807) is 0 Å². The van der Waals surface area contributed by atoms with Gasteiger partial charge in [-0.2, -0.15) is 0 Å². The van der Waals surface area contributed by atoms with Crippen molar-refractivity contribution in [1.29, 1.82) is 0 Å². The summed E-state index contributed by atoms with van der Waals surface area (Å²) in [7, 11) is 0. The van der Waals surface area contributed by atoms with Gasteiger partial charge in [-0.1, -0.05) is 41.0 Å². The summed E-state index contributed by atoms with van der Waals surface area (Å²) in [6.07, 6.45) is 4.93. The molecule has 0 bridgehead atoms. The van der Waals surface area contributed by atoms with E-state index in [2.05, 4.69) is 21.2 Å². The molecule has 2 unspecified atom stereocenters. The molecule has 2 aliphatic rings. The Morgan fingerprint density at radius 3 is 2.55 bits per heavy atom. The van der Waals surface area contributed by atoms with Crippen LogP contribution >= 0.6 is 28.1 Å². The van der Waals surface area contributed by atoms with E-state index in [9.17, 15) is 4.79 Å². The zero-order chi connectivity index (χ0) is 14.3. The number of benzene rings is 1. The molecule has 0 heterocycles. The fraction of sp³-hybridized carbons (Fsp3) is 0.467. The van der Waals surface area contributed by atoms with E-state index in [4.69, 9.17) is 18.0 Å². The summed E-state index contributed by atoms with van der Waals surface area (Å²) in [6, 6.07) is 5.58. The number of carbonyl (C=O) groups excluding carboxylic acids is 1. The van der Waals surface area contributed by atoms with E-state index in [1.807, 2.05) is 18.2 Å². The largest absolute Gasteiger partial charge is 0.389 e. The lowest BCUT2D eigenvalue weighted by molar-refractivity contribution is -0.117. The van der Waals surface area contributed by atoms with Crippen LogP contribution in [0.5, 0.6) is 0 Å². The average molecular weight is 353 g/mol. The summed E-state index contributed by atoms with van der Waals surface area (Å²) in [6.45, 7) is 0. The molecule has 1 amide bonds. The number of hydrogen-bond acceptors (Lipinski definition) is 2. The van der Waals surface area contributed by atoms with Crippen molar-refractivity contribution in [2.24, 2.45) is 23.5 Å². The van der Waals surface area contributed by atoms with Gasteiger partial charge in [0.2, 0.25) is 5.91 Å². The molecular formula is C15H17BrN2OS. The summed E-state index contributed by atoms with van der Waals surface area (Å²) in [5, 5.41) is 3.01. The lowest BCUT2D eigenvalue weighted by Crippen LogP contribution is -2.19. The number of rotatable bonds is 3. The Labute approximate surface area is 132 Å². The van der Waals surface area contributed by atoms with Crippen molar-refractivity contribution in [2.75, 3.05) is 5.32 Å². The molecule has 2 atom stereocenters. The maximum Gasteiger partial charge on any atom is 0.228 e. The molecular weight excluding hydrogens is 336 g/mol. The van der Waals surface area contributed by atoms with Gasteiger partial charge in [0, 0.05) is 16.0 Å². The van der Waals surface area contributed by atoms with E-state index in [-0.39, 0.29) is 11.8 Å². The minimum absolute atomic E-state index is 0.127. The van der Waals surface area contributed by atoms with E-state index >= 15 is 0 Å². The van der Waals surface area contributed by atoms with Crippen LogP contribution < -0.4 is 11.1 Å². The lowest BCUT2D eigenvalue weighted by Gasteiger charge is -2.10. The number of amides is 1. The number of nitrogens with two attached hydrogens (primary N) is 1. The second-order valence-electron chi connectivity index (χ2n) is 5.68. The van der Waals surface area contributed by atoms with E-state index in [0.29, 0.717) is 28.1 Å². The van der Waals surface area contributed by atoms with Crippen molar-refractivity contribution in [3.8, 4) is 0 Å². The SMILES string of the molecule is NC(=S)c1cc(Br)ccc1NC(=O)C1C2CCCCC21. The van der Waals surface area contributed by atoms with Crippen molar-refractivity contribution in [2.45, 2.75) is 25.7 Å². The molecule has 0 radical (unpaired) electrons. The summed E-state index contributed by atoms with van der Waals surface area (Å²) >= 11 is 8.44. The first-order valence-corrected chi connectivity index (χ1v) is 8.18. The summed E-state index contributed by atoms with van der Waals surface area (Å²) in [5.41, 5.74) is 7.16. The lowest BCUT2D eigenvalue weighted by atomic mass is 10.0. The number of halogens is 1. The van der Waals surface area contributed by atoms with Gasteiger partial charge < -0.3 is 11.1 Å². The fourth-order valence-corrected chi connectivity index (χ4v) is 3.96. The molecule has 0 spiro atoms. The molecule has 0 aliphatic heterocycles. The maximum atomic E-state index is 12.4. The van der Waals surface area contributed by atoms with Crippen LogP contribution in [0, 0.1) is 17.8 Å². The Bertz CT molecular complexity index is 563. The predicted molar refractivity (Wildman–Crippen MR) is 87.6 cm³/mol. The highest BCUT2D eigenvalue weighted by Gasteiger charge is 2.54. The van der Waals surface area contributed by atoms with Gasteiger partial charge in [-0.05, 0) is 42.9 Å². The minimum atomic E-state index is 0.127. The molecule has 3 rings (SSSR count). The summed E-state index contributed by atoms with van der Waals surface area (Å²) in [5.74, 6) is 1.53. The molecule has 2 saturated carbocycles. The Morgan fingerprint density at radius 1 is 1.30 bits per heavy atom. The second-order valence-corrected chi connectivity index (χ2v) is 7.04. The molecule has 3 nitrogen and oxygen atoms in total. The molecule has 2 aliphatic carbocycles. The number of anilines is 1. The summed E-state index contributed by atoms with van der Waals surface area (Å²) in [4.78, 5) is 12.7. The van der Waals surface area contributed by atoms with Gasteiger partial charge in [-0.3, -0.25) is 4.79 Å². The molecule has 20 heavy (non-hydrogen) atoms. The molecule has 1 aromatic carbocycles. The van der Waals surface area contributed by atoms with Crippen LogP contribution in [0.1, 0.15) is 31.2 Å². The van der Waals surface area contributed by atoms with Gasteiger partial charge in [0.05, 0.1) is 5.69 Å². The highest BCUT2D eigenvalue weighted by molar-refractivity contribution is 9.10. The molecule has 2 fully saturated rings. The highest BCUT2D eigenvalue weighted by Crippen LogP contribution is 2.55. The Balaban J connectivity index is 1.75. The van der Waals surface area contributed by atoms with Crippen LogP contribution in [-0.4, -0.2) is 10.9 Å². The molecule has 5 heteroatoms. The smallest absolute Gasteiger partial charge is 0.228 e. The van der Waals surface area contributed by atoms with Gasteiger partial charge in [0.1, 0.15) is 4.99 Å². The molecule has 3 N–H and O–H groups in total. The van der Waals surface area contributed by atoms with Gasteiger partial charge >= 0.3 is 0 Å². The van der Waals surface area contributed by atoms with Crippen LogP contribution in [0.25, 0.3) is 0 Å². The maximum absolute atomic E-state index is 12.4. The van der Waals surface area contributed by atoms with Gasteiger partial charge in [0.15, 0.2) is 0 Å². The third kappa shape index (κ3) is 2.61. The van der Waals surface area contributed by atoms with Gasteiger partial charge in [-0.15, -0.1) is 0 Å². The third-order valence-electron chi connectivity index (χ3n) is 4.46. The molecule has 0 saturated heterocycles. The van der Waals surface area contributed by atoms with Crippen LogP contribution in [-0.2, 0) is 4.79 Å². The van der Waals surface area contributed by atoms with Crippen molar-refractivity contribution >= 4 is 44.7 Å². The van der Waals surface area contributed by atoms with E-state index in [0.717, 1.165) is 4.47 Å². The summed E-state index contributed by atoms with van der Waals surface area (Å²) < 4.78 is 0.901. The molecule has 1 aromatic rings. The predicted octanol–water partition coefficient (Wildman–Crippen LogP) is 3.46. The standard InChI is InChI=1S/C15H17BrN2OS/c16-8-5-6-12(11(7-8)14(17)20)18-15(19)13-9-3-1-2-4-10(9)13/h5-7,9-10,13H,1-4H2,(H2,17,20)(H,18,19). The first-order chi connectivity index (χ1) is 9.58. The first kappa shape index (κ1) is 14.0. The van der Waals surface area contributed by atoms with Crippen molar-refractivity contribution in [1.82, 2.24) is 0 Å².